The van der Waals surface area contributed by atoms with Gasteiger partial charge in [-0.2, -0.15) is 0 Å². The van der Waals surface area contributed by atoms with Crippen LogP contribution in [0.3, 0.4) is 0 Å². The number of benzene rings is 2. The topological polar surface area (TPSA) is 59.8 Å². The molecule has 0 aliphatic rings. The maximum Gasteiger partial charge on any atom is 0.242 e. The van der Waals surface area contributed by atoms with Crippen molar-refractivity contribution in [3.63, 3.8) is 0 Å². The van der Waals surface area contributed by atoms with Crippen LogP contribution in [0.15, 0.2) is 60.0 Å². The number of nitrogens with one attached hydrogen (secondary N) is 1. The molecule has 0 fully saturated rings. The molecule has 3 rings (SSSR count). The summed E-state index contributed by atoms with van der Waals surface area (Å²) in [5, 5.41) is 11.5. The maximum atomic E-state index is 13.1. The second-order valence-corrected chi connectivity index (χ2v) is 7.19. The van der Waals surface area contributed by atoms with E-state index in [-0.39, 0.29) is 5.91 Å². The van der Waals surface area contributed by atoms with Gasteiger partial charge in [-0.3, -0.25) is 4.79 Å². The minimum Gasteiger partial charge on any atom is -0.325 e. The van der Waals surface area contributed by atoms with Gasteiger partial charge < -0.3 is 9.88 Å². The number of carbonyl (C=O) groups is 1. The third kappa shape index (κ3) is 4.14. The highest BCUT2D eigenvalue weighted by molar-refractivity contribution is 8.00. The first-order valence-electron chi connectivity index (χ1n) is 8.56. The van der Waals surface area contributed by atoms with E-state index in [0.717, 1.165) is 34.1 Å². The molecule has 0 saturated heterocycles. The van der Waals surface area contributed by atoms with Crippen LogP contribution in [0, 0.1) is 13.8 Å². The number of thioether (sulfide) groups is 1. The Hall–Kier alpha value is -2.60. The Morgan fingerprint density at radius 1 is 1.19 bits per heavy atom. The van der Waals surface area contributed by atoms with Crippen LogP contribution < -0.4 is 5.32 Å². The van der Waals surface area contributed by atoms with Crippen LogP contribution in [-0.4, -0.2) is 20.7 Å². The van der Waals surface area contributed by atoms with Crippen LogP contribution in [0.5, 0.6) is 0 Å². The SMILES string of the molecule is CCn1cnnc1S[C@@H](C(=O)Nc1cc(C)ccc1C)c1ccccc1. The van der Waals surface area contributed by atoms with E-state index in [1.165, 1.54) is 11.8 Å². The predicted octanol–water partition coefficient (Wildman–Crippen LogP) is 4.39. The van der Waals surface area contributed by atoms with Crippen LogP contribution in [-0.2, 0) is 11.3 Å². The quantitative estimate of drug-likeness (QED) is 0.658. The summed E-state index contributed by atoms with van der Waals surface area (Å²) in [5.74, 6) is -0.0689. The van der Waals surface area contributed by atoms with Gasteiger partial charge in [0.2, 0.25) is 5.91 Å². The van der Waals surface area contributed by atoms with E-state index in [2.05, 4.69) is 15.5 Å². The van der Waals surface area contributed by atoms with Gasteiger partial charge >= 0.3 is 0 Å². The molecule has 5 nitrogen and oxygen atoms in total. The van der Waals surface area contributed by atoms with Gasteiger partial charge in [0.25, 0.3) is 0 Å². The average molecular weight is 366 g/mol. The Morgan fingerprint density at radius 2 is 1.96 bits per heavy atom. The number of aromatic nitrogens is 3. The van der Waals surface area contributed by atoms with E-state index < -0.39 is 5.25 Å². The Bertz CT molecular complexity index is 892. The van der Waals surface area contributed by atoms with Gasteiger partial charge in [0.05, 0.1) is 0 Å². The highest BCUT2D eigenvalue weighted by atomic mass is 32.2. The maximum absolute atomic E-state index is 13.1. The minimum absolute atomic E-state index is 0.0689. The molecular weight excluding hydrogens is 344 g/mol. The van der Waals surface area contributed by atoms with E-state index in [0.29, 0.717) is 0 Å². The first-order chi connectivity index (χ1) is 12.6. The molecule has 2 aromatic carbocycles. The molecule has 0 aliphatic heterocycles. The molecule has 0 bridgehead atoms. The molecule has 1 heterocycles. The average Bonchev–Trinajstić information content (AvgIpc) is 3.10. The molecule has 134 valence electrons. The number of anilines is 1. The molecule has 0 saturated carbocycles. The fourth-order valence-corrected chi connectivity index (χ4v) is 3.70. The monoisotopic (exact) mass is 366 g/mol. The number of carbonyl (C=O) groups excluding carboxylic acids is 1. The summed E-state index contributed by atoms with van der Waals surface area (Å²) in [7, 11) is 0. The van der Waals surface area contributed by atoms with Gasteiger partial charge in [-0.1, -0.05) is 54.2 Å². The molecule has 0 unspecified atom stereocenters. The zero-order chi connectivity index (χ0) is 18.5. The van der Waals surface area contributed by atoms with Crippen molar-refractivity contribution in [3.05, 3.63) is 71.5 Å². The Labute approximate surface area is 157 Å². The highest BCUT2D eigenvalue weighted by Gasteiger charge is 2.24. The van der Waals surface area contributed by atoms with Gasteiger partial charge in [-0.15, -0.1) is 10.2 Å². The van der Waals surface area contributed by atoms with E-state index in [4.69, 9.17) is 0 Å². The first-order valence-corrected chi connectivity index (χ1v) is 9.44. The molecule has 0 spiro atoms. The molecule has 1 aromatic heterocycles. The summed E-state index contributed by atoms with van der Waals surface area (Å²) in [5.41, 5.74) is 3.93. The van der Waals surface area contributed by atoms with Gasteiger partial charge in [-0.25, -0.2) is 0 Å². The van der Waals surface area contributed by atoms with Gasteiger partial charge in [0.15, 0.2) is 5.16 Å². The zero-order valence-corrected chi connectivity index (χ0v) is 16.0. The molecule has 0 aliphatic carbocycles. The second kappa shape index (κ2) is 8.19. The van der Waals surface area contributed by atoms with E-state index in [9.17, 15) is 4.79 Å². The highest BCUT2D eigenvalue weighted by Crippen LogP contribution is 2.35. The van der Waals surface area contributed by atoms with Crippen molar-refractivity contribution in [2.45, 2.75) is 37.7 Å². The van der Waals surface area contributed by atoms with Gasteiger partial charge in [0.1, 0.15) is 11.6 Å². The first kappa shape index (κ1) is 18.2. The van der Waals surface area contributed by atoms with Gasteiger partial charge in [0, 0.05) is 12.2 Å². The Balaban J connectivity index is 1.90. The predicted molar refractivity (Wildman–Crippen MR) is 105 cm³/mol. The van der Waals surface area contributed by atoms with Crippen LogP contribution >= 0.6 is 11.8 Å². The molecule has 3 aromatic rings. The standard InChI is InChI=1S/C20H22N4OS/c1-4-24-13-21-23-20(24)26-18(16-8-6-5-7-9-16)19(25)22-17-12-14(2)10-11-15(17)3/h5-13,18H,4H2,1-3H3,(H,22,25)/t18-/m1/s1. The number of amides is 1. The smallest absolute Gasteiger partial charge is 0.242 e. The van der Waals surface area contributed by atoms with Crippen molar-refractivity contribution in [3.8, 4) is 0 Å². The van der Waals surface area contributed by atoms with Crippen molar-refractivity contribution >= 4 is 23.4 Å². The lowest BCUT2D eigenvalue weighted by Gasteiger charge is -2.18. The van der Waals surface area contributed by atoms with E-state index >= 15 is 0 Å². The summed E-state index contributed by atoms with van der Waals surface area (Å²) >= 11 is 1.41. The van der Waals surface area contributed by atoms with Crippen molar-refractivity contribution in [1.29, 1.82) is 0 Å². The minimum atomic E-state index is -0.411. The number of hydrogen-bond acceptors (Lipinski definition) is 4. The summed E-state index contributed by atoms with van der Waals surface area (Å²) in [6.45, 7) is 6.80. The van der Waals surface area contributed by atoms with Crippen LogP contribution in [0.4, 0.5) is 5.69 Å². The van der Waals surface area contributed by atoms with Crippen molar-refractivity contribution in [2.75, 3.05) is 5.32 Å². The fourth-order valence-electron chi connectivity index (χ4n) is 2.63. The third-order valence-corrected chi connectivity index (χ3v) is 5.38. The fraction of sp³-hybridized carbons (Fsp3) is 0.250. The van der Waals surface area contributed by atoms with E-state index in [1.54, 1.807) is 6.33 Å². The van der Waals surface area contributed by atoms with Crippen LogP contribution in [0.1, 0.15) is 28.9 Å². The zero-order valence-electron chi connectivity index (χ0n) is 15.1. The molecular formula is C20H22N4OS. The molecule has 1 amide bonds. The molecule has 26 heavy (non-hydrogen) atoms. The summed E-state index contributed by atoms with van der Waals surface area (Å²) in [4.78, 5) is 13.1. The second-order valence-electron chi connectivity index (χ2n) is 6.12. The number of aryl methyl sites for hydroxylation is 3. The lowest BCUT2D eigenvalue weighted by molar-refractivity contribution is -0.115. The molecule has 0 radical (unpaired) electrons. The molecule has 6 heteroatoms. The van der Waals surface area contributed by atoms with Crippen LogP contribution in [0.25, 0.3) is 0 Å². The Morgan fingerprint density at radius 3 is 2.69 bits per heavy atom. The van der Waals surface area contributed by atoms with Crippen LogP contribution in [0.2, 0.25) is 0 Å². The lowest BCUT2D eigenvalue weighted by atomic mass is 10.1. The summed E-state index contributed by atoms with van der Waals surface area (Å²) in [6.07, 6.45) is 1.69. The van der Waals surface area contributed by atoms with Gasteiger partial charge in [-0.05, 0) is 43.5 Å². The molecule has 1 atom stereocenters. The summed E-state index contributed by atoms with van der Waals surface area (Å²) in [6, 6.07) is 15.8. The normalized spacial score (nSPS) is 12.0. The Kier molecular flexibility index (Phi) is 5.73. The molecule has 1 N–H and O–H groups in total. The summed E-state index contributed by atoms with van der Waals surface area (Å²) < 4.78 is 1.94. The van der Waals surface area contributed by atoms with Crippen molar-refractivity contribution in [2.24, 2.45) is 0 Å². The van der Waals surface area contributed by atoms with Crippen molar-refractivity contribution < 1.29 is 4.79 Å². The number of hydrogen-bond donors (Lipinski definition) is 1. The largest absolute Gasteiger partial charge is 0.325 e. The van der Waals surface area contributed by atoms with E-state index in [1.807, 2.05) is 73.9 Å². The number of nitrogens with zero attached hydrogens (tertiary/aromatic N) is 3. The third-order valence-electron chi connectivity index (χ3n) is 4.14. The number of rotatable bonds is 6. The van der Waals surface area contributed by atoms with Crippen molar-refractivity contribution in [1.82, 2.24) is 14.8 Å². The lowest BCUT2D eigenvalue weighted by Crippen LogP contribution is -2.20.